The monoisotopic (exact) mass is 1020 g/mol. The number of unbranched alkanes of at least 4 members (excludes halogenated alkanes) is 40. The summed E-state index contributed by atoms with van der Waals surface area (Å²) >= 11 is 0. The Morgan fingerprint density at radius 1 is 0.274 bits per heavy atom. The maximum atomic E-state index is 12.9. The van der Waals surface area contributed by atoms with E-state index in [4.69, 9.17) is 14.2 Å². The van der Waals surface area contributed by atoms with Gasteiger partial charge < -0.3 is 14.2 Å². The van der Waals surface area contributed by atoms with Gasteiger partial charge in [-0.25, -0.2) is 0 Å². The van der Waals surface area contributed by atoms with Crippen molar-refractivity contribution >= 4 is 17.9 Å². The van der Waals surface area contributed by atoms with Crippen molar-refractivity contribution in [2.75, 3.05) is 13.2 Å². The molecule has 0 aromatic heterocycles. The molecular formula is C67H122O6. The Balaban J connectivity index is 4.34. The second-order valence-corrected chi connectivity index (χ2v) is 21.7. The average molecular weight is 1020 g/mol. The van der Waals surface area contributed by atoms with Crippen molar-refractivity contribution in [3.05, 3.63) is 48.6 Å². The van der Waals surface area contributed by atoms with Gasteiger partial charge in [0.1, 0.15) is 13.2 Å². The summed E-state index contributed by atoms with van der Waals surface area (Å²) in [5, 5.41) is 0. The molecule has 0 amide bonds. The molecule has 0 saturated carbocycles. The zero-order valence-electron chi connectivity index (χ0n) is 48.9. The van der Waals surface area contributed by atoms with Gasteiger partial charge in [-0.15, -0.1) is 0 Å². The Hall–Kier alpha value is -2.63. The van der Waals surface area contributed by atoms with E-state index in [9.17, 15) is 14.4 Å². The first-order chi connectivity index (χ1) is 36.0. The topological polar surface area (TPSA) is 78.9 Å². The Morgan fingerprint density at radius 3 is 0.781 bits per heavy atom. The number of hydrogen-bond donors (Lipinski definition) is 0. The zero-order valence-corrected chi connectivity index (χ0v) is 48.9. The van der Waals surface area contributed by atoms with Crippen LogP contribution >= 0.6 is 0 Å². The average Bonchev–Trinajstić information content (AvgIpc) is 3.39. The molecule has 6 nitrogen and oxygen atoms in total. The van der Waals surface area contributed by atoms with Crippen molar-refractivity contribution in [1.82, 2.24) is 0 Å². The summed E-state index contributed by atoms with van der Waals surface area (Å²) in [4.78, 5) is 38.3. The van der Waals surface area contributed by atoms with Crippen molar-refractivity contribution in [3.63, 3.8) is 0 Å². The van der Waals surface area contributed by atoms with Crippen LogP contribution < -0.4 is 0 Å². The lowest BCUT2D eigenvalue weighted by Gasteiger charge is -2.18. The fourth-order valence-electron chi connectivity index (χ4n) is 9.45. The molecule has 0 bridgehead atoms. The van der Waals surface area contributed by atoms with Crippen LogP contribution in [-0.2, 0) is 28.6 Å². The standard InChI is InChI=1S/C67H122O6/c1-4-7-10-13-16-19-22-25-28-30-32-33-35-36-39-42-45-48-51-54-57-60-66(69)72-63-64(62-71-65(68)59-56-53-50-47-44-41-38-27-24-21-18-15-12-9-6-3)73-67(70)61-58-55-52-49-46-43-40-37-34-31-29-26-23-20-17-14-11-8-5-2/h18,21-22,25,27,30,32,38,64H,4-17,19-20,23-24,26,28-29,31,33-37,39-63H2,1-3H3/b21-18-,25-22-,32-30-,38-27-. The van der Waals surface area contributed by atoms with Crippen LogP contribution in [0.1, 0.15) is 342 Å². The minimum absolute atomic E-state index is 0.0766. The first-order valence-electron chi connectivity index (χ1n) is 32.1. The van der Waals surface area contributed by atoms with Gasteiger partial charge in [-0.3, -0.25) is 14.4 Å². The van der Waals surface area contributed by atoms with Crippen molar-refractivity contribution in [2.45, 2.75) is 348 Å². The molecule has 0 aliphatic carbocycles. The van der Waals surface area contributed by atoms with E-state index >= 15 is 0 Å². The molecular weight excluding hydrogens is 901 g/mol. The summed E-state index contributed by atoms with van der Waals surface area (Å²) in [6.45, 7) is 6.64. The van der Waals surface area contributed by atoms with Crippen molar-refractivity contribution in [1.29, 1.82) is 0 Å². The first-order valence-corrected chi connectivity index (χ1v) is 32.1. The van der Waals surface area contributed by atoms with Gasteiger partial charge in [-0.1, -0.05) is 288 Å². The summed E-state index contributed by atoms with van der Waals surface area (Å²) in [7, 11) is 0. The van der Waals surface area contributed by atoms with Crippen LogP contribution in [0.4, 0.5) is 0 Å². The van der Waals surface area contributed by atoms with E-state index in [-0.39, 0.29) is 31.1 Å². The Morgan fingerprint density at radius 2 is 0.493 bits per heavy atom. The largest absolute Gasteiger partial charge is 0.462 e. The van der Waals surface area contributed by atoms with Gasteiger partial charge >= 0.3 is 17.9 Å². The highest BCUT2D eigenvalue weighted by Crippen LogP contribution is 2.17. The molecule has 426 valence electrons. The lowest BCUT2D eigenvalue weighted by atomic mass is 10.0. The molecule has 0 N–H and O–H groups in total. The third kappa shape index (κ3) is 60.1. The van der Waals surface area contributed by atoms with Crippen LogP contribution in [0.2, 0.25) is 0 Å². The number of allylic oxidation sites excluding steroid dienone is 8. The highest BCUT2D eigenvalue weighted by Gasteiger charge is 2.19. The number of esters is 3. The Labute approximate surface area is 454 Å². The minimum Gasteiger partial charge on any atom is -0.462 e. The van der Waals surface area contributed by atoms with Crippen LogP contribution in [0.15, 0.2) is 48.6 Å². The lowest BCUT2D eigenvalue weighted by molar-refractivity contribution is -0.167. The third-order valence-corrected chi connectivity index (χ3v) is 14.3. The SMILES string of the molecule is CCCCC/C=C\C/C=C\CCCCCCCC(=O)OCC(COC(=O)CCCCCCCCCCC/C=C\C/C=C\CCCCCCC)OC(=O)CCCCCCCCCCCCCCCCCCCCC. The van der Waals surface area contributed by atoms with E-state index in [1.54, 1.807) is 0 Å². The van der Waals surface area contributed by atoms with Crippen LogP contribution in [0.5, 0.6) is 0 Å². The molecule has 6 heteroatoms. The predicted octanol–water partition coefficient (Wildman–Crippen LogP) is 21.8. The fourth-order valence-corrected chi connectivity index (χ4v) is 9.45. The van der Waals surface area contributed by atoms with Gasteiger partial charge in [0.15, 0.2) is 6.10 Å². The maximum absolute atomic E-state index is 12.9. The van der Waals surface area contributed by atoms with Crippen molar-refractivity contribution in [3.8, 4) is 0 Å². The summed E-state index contributed by atoms with van der Waals surface area (Å²) in [6, 6.07) is 0. The second-order valence-electron chi connectivity index (χ2n) is 21.7. The molecule has 0 heterocycles. The molecule has 1 unspecified atom stereocenters. The molecule has 0 saturated heterocycles. The number of hydrogen-bond acceptors (Lipinski definition) is 6. The second kappa shape index (κ2) is 61.9. The first kappa shape index (κ1) is 70.4. The molecule has 0 radical (unpaired) electrons. The molecule has 0 rings (SSSR count). The van der Waals surface area contributed by atoms with Gasteiger partial charge in [0.25, 0.3) is 0 Å². The van der Waals surface area contributed by atoms with Gasteiger partial charge in [-0.2, -0.15) is 0 Å². The molecule has 0 aromatic rings. The van der Waals surface area contributed by atoms with E-state index in [0.29, 0.717) is 19.3 Å². The fraction of sp³-hybridized carbons (Fsp3) is 0.836. The van der Waals surface area contributed by atoms with Crippen LogP contribution in [-0.4, -0.2) is 37.2 Å². The molecule has 0 aliphatic rings. The number of rotatable bonds is 59. The van der Waals surface area contributed by atoms with E-state index in [1.807, 2.05) is 0 Å². The van der Waals surface area contributed by atoms with E-state index in [2.05, 4.69) is 69.4 Å². The van der Waals surface area contributed by atoms with Gasteiger partial charge in [0.05, 0.1) is 0 Å². The predicted molar refractivity (Wildman–Crippen MR) is 316 cm³/mol. The van der Waals surface area contributed by atoms with Crippen molar-refractivity contribution in [2.24, 2.45) is 0 Å². The zero-order chi connectivity index (χ0) is 52.9. The highest BCUT2D eigenvalue weighted by atomic mass is 16.6. The van der Waals surface area contributed by atoms with E-state index in [1.165, 1.54) is 218 Å². The van der Waals surface area contributed by atoms with Gasteiger partial charge in [0, 0.05) is 19.3 Å². The number of carbonyl (C=O) groups excluding carboxylic acids is 3. The lowest BCUT2D eigenvalue weighted by Crippen LogP contribution is -2.30. The molecule has 0 spiro atoms. The van der Waals surface area contributed by atoms with Crippen LogP contribution in [0.25, 0.3) is 0 Å². The van der Waals surface area contributed by atoms with E-state index < -0.39 is 6.10 Å². The smallest absolute Gasteiger partial charge is 0.306 e. The summed E-state index contributed by atoms with van der Waals surface area (Å²) in [5.41, 5.74) is 0. The van der Waals surface area contributed by atoms with Crippen LogP contribution in [0, 0.1) is 0 Å². The summed E-state index contributed by atoms with van der Waals surface area (Å²) in [6.07, 6.45) is 76.8. The van der Waals surface area contributed by atoms with Crippen LogP contribution in [0.3, 0.4) is 0 Å². The molecule has 0 aliphatic heterocycles. The van der Waals surface area contributed by atoms with Gasteiger partial charge in [-0.05, 0) is 83.5 Å². The Bertz CT molecular complexity index is 1270. The summed E-state index contributed by atoms with van der Waals surface area (Å²) in [5.74, 6) is -0.873. The number of ether oxygens (including phenoxy) is 3. The highest BCUT2D eigenvalue weighted by molar-refractivity contribution is 5.71. The normalized spacial score (nSPS) is 12.3. The molecule has 0 aromatic carbocycles. The third-order valence-electron chi connectivity index (χ3n) is 14.3. The summed E-state index contributed by atoms with van der Waals surface area (Å²) < 4.78 is 16.9. The maximum Gasteiger partial charge on any atom is 0.306 e. The Kier molecular flexibility index (Phi) is 59.7. The number of carbonyl (C=O) groups is 3. The van der Waals surface area contributed by atoms with Crippen molar-refractivity contribution < 1.29 is 28.6 Å². The molecule has 1 atom stereocenters. The molecule has 73 heavy (non-hydrogen) atoms. The quantitative estimate of drug-likeness (QED) is 0.0261. The minimum atomic E-state index is -0.779. The molecule has 0 fully saturated rings. The van der Waals surface area contributed by atoms with Gasteiger partial charge in [0.2, 0.25) is 0 Å². The van der Waals surface area contributed by atoms with E-state index in [0.717, 1.165) is 83.5 Å².